The fourth-order valence-corrected chi connectivity index (χ4v) is 5.49. The SMILES string of the molecule is CNC(=O)NC(C)Cc1cc(OC)c(OC)cc1C(=N)c1ccc(N2CCCS(=O)(=O)C2)cc1. The average molecular weight is 489 g/mol. The van der Waals surface area contributed by atoms with E-state index in [0.29, 0.717) is 47.7 Å². The smallest absolute Gasteiger partial charge is 0.314 e. The summed E-state index contributed by atoms with van der Waals surface area (Å²) in [5.41, 5.74) is 3.29. The summed E-state index contributed by atoms with van der Waals surface area (Å²) < 4.78 is 34.9. The highest BCUT2D eigenvalue weighted by molar-refractivity contribution is 7.91. The minimum absolute atomic E-state index is 0.0137. The van der Waals surface area contributed by atoms with Crippen LogP contribution in [0.2, 0.25) is 0 Å². The Hall–Kier alpha value is -3.27. The lowest BCUT2D eigenvalue weighted by molar-refractivity contribution is 0.240. The number of carbonyl (C=O) groups is 1. The summed E-state index contributed by atoms with van der Waals surface area (Å²) in [4.78, 5) is 13.6. The number of nitrogens with zero attached hydrogens (tertiary/aromatic N) is 1. The molecule has 1 aliphatic rings. The number of benzene rings is 2. The van der Waals surface area contributed by atoms with E-state index in [-0.39, 0.29) is 23.7 Å². The number of anilines is 1. The molecule has 1 aliphatic heterocycles. The molecule has 0 aromatic heterocycles. The molecule has 1 atom stereocenters. The Morgan fingerprint density at radius 2 is 1.79 bits per heavy atom. The van der Waals surface area contributed by atoms with Gasteiger partial charge in [0, 0.05) is 36.4 Å². The fourth-order valence-electron chi connectivity index (χ4n) is 4.04. The number of urea groups is 1. The number of carbonyl (C=O) groups excluding carboxylic acids is 1. The molecule has 184 valence electrons. The zero-order chi connectivity index (χ0) is 24.9. The van der Waals surface area contributed by atoms with E-state index in [1.165, 1.54) is 0 Å². The van der Waals surface area contributed by atoms with Crippen LogP contribution in [0.15, 0.2) is 36.4 Å². The molecule has 2 aromatic rings. The zero-order valence-corrected chi connectivity index (χ0v) is 20.8. The van der Waals surface area contributed by atoms with E-state index in [0.717, 1.165) is 11.3 Å². The van der Waals surface area contributed by atoms with Crippen molar-refractivity contribution in [2.75, 3.05) is 44.3 Å². The number of ether oxygens (including phenoxy) is 2. The second-order valence-corrected chi connectivity index (χ2v) is 10.5. The van der Waals surface area contributed by atoms with E-state index in [2.05, 4.69) is 10.6 Å². The summed E-state index contributed by atoms with van der Waals surface area (Å²) >= 11 is 0. The third-order valence-corrected chi connectivity index (χ3v) is 7.38. The lowest BCUT2D eigenvalue weighted by atomic mass is 9.93. The van der Waals surface area contributed by atoms with Gasteiger partial charge in [0.05, 0.1) is 25.7 Å². The monoisotopic (exact) mass is 488 g/mol. The van der Waals surface area contributed by atoms with E-state index in [1.54, 1.807) is 27.3 Å². The Morgan fingerprint density at radius 1 is 1.15 bits per heavy atom. The zero-order valence-electron chi connectivity index (χ0n) is 20.0. The number of methoxy groups -OCH3 is 2. The van der Waals surface area contributed by atoms with Gasteiger partial charge in [-0.05, 0) is 49.6 Å². The number of rotatable bonds is 8. The second kappa shape index (κ2) is 10.8. The van der Waals surface area contributed by atoms with Crippen molar-refractivity contribution in [3.63, 3.8) is 0 Å². The van der Waals surface area contributed by atoms with Crippen molar-refractivity contribution in [3.05, 3.63) is 53.1 Å². The van der Waals surface area contributed by atoms with Crippen molar-refractivity contribution in [1.29, 1.82) is 5.41 Å². The van der Waals surface area contributed by atoms with E-state index in [4.69, 9.17) is 14.9 Å². The fraction of sp³-hybridized carbons (Fsp3) is 0.417. The number of hydrogen-bond donors (Lipinski definition) is 3. The van der Waals surface area contributed by atoms with E-state index in [1.807, 2.05) is 42.2 Å². The molecule has 2 amide bonds. The Bertz CT molecular complexity index is 1150. The summed E-state index contributed by atoms with van der Waals surface area (Å²) in [5, 5.41) is 14.3. The number of amides is 2. The highest BCUT2D eigenvalue weighted by Gasteiger charge is 2.23. The molecule has 34 heavy (non-hydrogen) atoms. The van der Waals surface area contributed by atoms with Gasteiger partial charge in [0.1, 0.15) is 5.88 Å². The maximum atomic E-state index is 12.0. The molecule has 1 heterocycles. The molecule has 3 rings (SSSR count). The van der Waals surface area contributed by atoms with E-state index in [9.17, 15) is 13.2 Å². The van der Waals surface area contributed by atoms with Gasteiger partial charge in [0.15, 0.2) is 21.3 Å². The van der Waals surface area contributed by atoms with Crippen LogP contribution in [0.3, 0.4) is 0 Å². The van der Waals surface area contributed by atoms with Crippen LogP contribution >= 0.6 is 0 Å². The van der Waals surface area contributed by atoms with Crippen molar-refractivity contribution in [3.8, 4) is 11.5 Å². The third-order valence-electron chi connectivity index (χ3n) is 5.77. The van der Waals surface area contributed by atoms with E-state index < -0.39 is 9.84 Å². The molecule has 1 saturated heterocycles. The Kier molecular flexibility index (Phi) is 8.03. The second-order valence-electron chi connectivity index (χ2n) is 8.31. The summed E-state index contributed by atoms with van der Waals surface area (Å²) in [7, 11) is 1.59. The molecule has 1 unspecified atom stereocenters. The van der Waals surface area contributed by atoms with Crippen LogP contribution in [0.5, 0.6) is 11.5 Å². The molecule has 9 nitrogen and oxygen atoms in total. The number of sulfone groups is 1. The minimum atomic E-state index is -3.07. The summed E-state index contributed by atoms with van der Waals surface area (Å²) in [6, 6.07) is 10.5. The van der Waals surface area contributed by atoms with Crippen LogP contribution in [0.25, 0.3) is 0 Å². The number of hydrogen-bond acceptors (Lipinski definition) is 7. The van der Waals surface area contributed by atoms with Gasteiger partial charge in [-0.15, -0.1) is 0 Å². The highest BCUT2D eigenvalue weighted by Crippen LogP contribution is 2.33. The molecule has 0 spiro atoms. The van der Waals surface area contributed by atoms with Crippen molar-refractivity contribution < 1.29 is 22.7 Å². The summed E-state index contributed by atoms with van der Waals surface area (Å²) in [6.45, 7) is 2.58. The normalized spacial score (nSPS) is 15.8. The molecule has 0 bridgehead atoms. The predicted molar refractivity (Wildman–Crippen MR) is 133 cm³/mol. The van der Waals surface area contributed by atoms with Crippen LogP contribution in [-0.2, 0) is 16.3 Å². The van der Waals surface area contributed by atoms with Crippen LogP contribution in [0.4, 0.5) is 10.5 Å². The Balaban J connectivity index is 1.90. The first-order valence-corrected chi connectivity index (χ1v) is 12.9. The summed E-state index contributed by atoms with van der Waals surface area (Å²) in [6.07, 6.45) is 1.09. The van der Waals surface area contributed by atoms with Crippen LogP contribution in [0, 0.1) is 5.41 Å². The van der Waals surface area contributed by atoms with Gasteiger partial charge in [0.25, 0.3) is 0 Å². The van der Waals surface area contributed by atoms with Crippen LogP contribution in [0.1, 0.15) is 30.0 Å². The van der Waals surface area contributed by atoms with Gasteiger partial charge in [0.2, 0.25) is 0 Å². The van der Waals surface area contributed by atoms with Gasteiger partial charge in [-0.3, -0.25) is 5.41 Å². The quantitative estimate of drug-likeness (QED) is 0.491. The molecule has 0 radical (unpaired) electrons. The third kappa shape index (κ3) is 5.99. The molecule has 10 heteroatoms. The van der Waals surface area contributed by atoms with Crippen molar-refractivity contribution in [2.24, 2.45) is 0 Å². The first-order valence-electron chi connectivity index (χ1n) is 11.0. The topological polar surface area (TPSA) is 121 Å². The minimum Gasteiger partial charge on any atom is -0.493 e. The van der Waals surface area contributed by atoms with Gasteiger partial charge in [-0.25, -0.2) is 13.2 Å². The Labute approximate surface area is 200 Å². The molecule has 0 aliphatic carbocycles. The Morgan fingerprint density at radius 3 is 2.38 bits per heavy atom. The van der Waals surface area contributed by atoms with Crippen molar-refractivity contribution >= 4 is 27.3 Å². The van der Waals surface area contributed by atoms with Gasteiger partial charge in [-0.1, -0.05) is 12.1 Å². The molecule has 1 fully saturated rings. The molecule has 0 saturated carbocycles. The van der Waals surface area contributed by atoms with Gasteiger partial charge >= 0.3 is 6.03 Å². The van der Waals surface area contributed by atoms with Crippen molar-refractivity contribution in [2.45, 2.75) is 25.8 Å². The summed E-state index contributed by atoms with van der Waals surface area (Å²) in [5.74, 6) is 1.29. The first-order chi connectivity index (χ1) is 16.2. The standard InChI is InChI=1S/C24H32N4O5S/c1-16(27-24(29)26-2)12-18-13-21(32-3)22(33-4)14-20(18)23(25)17-6-8-19(9-7-17)28-10-5-11-34(30,31)15-28/h6-9,13-14,16,25H,5,10-12,15H2,1-4H3,(H2,26,27,29). The van der Waals surface area contributed by atoms with Crippen molar-refractivity contribution in [1.82, 2.24) is 10.6 Å². The van der Waals surface area contributed by atoms with Crippen LogP contribution in [-0.4, -0.2) is 65.6 Å². The lowest BCUT2D eigenvalue weighted by Crippen LogP contribution is -2.40. The van der Waals surface area contributed by atoms with Gasteiger partial charge in [-0.2, -0.15) is 0 Å². The van der Waals surface area contributed by atoms with E-state index >= 15 is 0 Å². The molecular formula is C24H32N4O5S. The maximum Gasteiger partial charge on any atom is 0.314 e. The molecule has 3 N–H and O–H groups in total. The van der Waals surface area contributed by atoms with Crippen LogP contribution < -0.4 is 25.0 Å². The van der Waals surface area contributed by atoms with Gasteiger partial charge < -0.3 is 25.0 Å². The first kappa shape index (κ1) is 25.4. The number of nitrogens with one attached hydrogen (secondary N) is 3. The predicted octanol–water partition coefficient (Wildman–Crippen LogP) is 2.56. The lowest BCUT2D eigenvalue weighted by Gasteiger charge is -2.28. The average Bonchev–Trinajstić information content (AvgIpc) is 2.82. The highest BCUT2D eigenvalue weighted by atomic mass is 32.2. The maximum absolute atomic E-state index is 12.0. The largest absolute Gasteiger partial charge is 0.493 e. The molecular weight excluding hydrogens is 456 g/mol. The molecule has 2 aromatic carbocycles.